The quantitative estimate of drug-likeness (QED) is 0.394. The summed E-state index contributed by atoms with van der Waals surface area (Å²) in [6.45, 7) is 1.78. The van der Waals surface area contributed by atoms with E-state index < -0.39 is 23.2 Å². The van der Waals surface area contributed by atoms with Crippen LogP contribution >= 0.6 is 0 Å². The monoisotopic (exact) mass is 285 g/mol. The zero-order chi connectivity index (χ0) is 15.3. The molecule has 0 aliphatic rings. The van der Waals surface area contributed by atoms with Crippen molar-refractivity contribution >= 4 is 28.0 Å². The van der Waals surface area contributed by atoms with Gasteiger partial charge in [0, 0.05) is 6.07 Å². The molecular formula is C14H11N3O4. The van der Waals surface area contributed by atoms with Gasteiger partial charge in [-0.1, -0.05) is 0 Å². The van der Waals surface area contributed by atoms with Gasteiger partial charge in [0.05, 0.1) is 16.6 Å². The summed E-state index contributed by atoms with van der Waals surface area (Å²) in [5, 5.41) is 28.9. The van der Waals surface area contributed by atoms with Gasteiger partial charge in [-0.05, 0) is 24.6 Å². The Morgan fingerprint density at radius 1 is 1.00 bits per heavy atom. The number of carbonyl (C=O) groups is 1. The number of benzene rings is 2. The van der Waals surface area contributed by atoms with E-state index in [2.05, 4.69) is 9.97 Å². The molecule has 1 amide bonds. The van der Waals surface area contributed by atoms with Crippen LogP contribution in [0.1, 0.15) is 15.9 Å². The lowest BCUT2D eigenvalue weighted by atomic mass is 10.1. The maximum atomic E-state index is 11.5. The molecule has 1 aromatic heterocycles. The lowest BCUT2D eigenvalue weighted by Gasteiger charge is -2.08. The molecular weight excluding hydrogens is 274 g/mol. The Morgan fingerprint density at radius 2 is 1.67 bits per heavy atom. The van der Waals surface area contributed by atoms with Crippen LogP contribution in [0.25, 0.3) is 22.1 Å². The molecule has 0 unspecified atom stereocenters. The van der Waals surface area contributed by atoms with Crippen LogP contribution in [0.2, 0.25) is 0 Å². The third kappa shape index (κ3) is 1.86. The number of phenols is 3. The number of aryl methyl sites for hydroxylation is 1. The van der Waals surface area contributed by atoms with E-state index >= 15 is 0 Å². The highest BCUT2D eigenvalue weighted by atomic mass is 16.3. The van der Waals surface area contributed by atoms with Gasteiger partial charge >= 0.3 is 0 Å². The minimum Gasteiger partial charge on any atom is -0.504 e. The molecule has 0 atom stereocenters. The molecule has 7 nitrogen and oxygen atoms in total. The fourth-order valence-electron chi connectivity index (χ4n) is 2.21. The molecule has 106 valence electrons. The number of aromatic nitrogens is 2. The van der Waals surface area contributed by atoms with E-state index in [1.165, 1.54) is 6.07 Å². The highest BCUT2D eigenvalue weighted by molar-refractivity contribution is 6.06. The van der Waals surface area contributed by atoms with Crippen LogP contribution in [0.3, 0.4) is 0 Å². The van der Waals surface area contributed by atoms with Gasteiger partial charge in [0.2, 0.25) is 5.75 Å². The van der Waals surface area contributed by atoms with Crippen LogP contribution in [0.5, 0.6) is 17.2 Å². The highest BCUT2D eigenvalue weighted by Crippen LogP contribution is 2.40. The Hall–Kier alpha value is -3.09. The first kappa shape index (κ1) is 12.9. The van der Waals surface area contributed by atoms with Gasteiger partial charge in [-0.15, -0.1) is 0 Å². The second-order valence-corrected chi connectivity index (χ2v) is 4.73. The van der Waals surface area contributed by atoms with E-state index in [0.29, 0.717) is 5.52 Å². The number of nitrogens with zero attached hydrogens (tertiary/aromatic N) is 2. The van der Waals surface area contributed by atoms with E-state index in [0.717, 1.165) is 5.56 Å². The van der Waals surface area contributed by atoms with Gasteiger partial charge in [0.15, 0.2) is 11.5 Å². The number of carbonyl (C=O) groups excluding carboxylic acids is 1. The minimum absolute atomic E-state index is 0.0239. The van der Waals surface area contributed by atoms with Crippen LogP contribution in [-0.4, -0.2) is 31.2 Å². The number of primary amides is 1. The molecule has 0 radical (unpaired) electrons. The van der Waals surface area contributed by atoms with Crippen LogP contribution in [0.4, 0.5) is 0 Å². The number of phenolic OH excluding ortho intramolecular Hbond substituents is 3. The summed E-state index contributed by atoms with van der Waals surface area (Å²) in [4.78, 5) is 19.9. The zero-order valence-electron chi connectivity index (χ0n) is 11.0. The molecule has 0 aliphatic heterocycles. The van der Waals surface area contributed by atoms with Crippen LogP contribution in [-0.2, 0) is 0 Å². The summed E-state index contributed by atoms with van der Waals surface area (Å²) in [6, 6.07) is 4.46. The van der Waals surface area contributed by atoms with Gasteiger partial charge in [0.1, 0.15) is 11.0 Å². The van der Waals surface area contributed by atoms with Gasteiger partial charge < -0.3 is 21.1 Å². The lowest BCUT2D eigenvalue weighted by molar-refractivity contribution is 0.100. The van der Waals surface area contributed by atoms with E-state index in [1.54, 1.807) is 19.1 Å². The van der Waals surface area contributed by atoms with Crippen molar-refractivity contribution in [2.45, 2.75) is 6.92 Å². The number of nitrogens with two attached hydrogens (primary N) is 1. The summed E-state index contributed by atoms with van der Waals surface area (Å²) in [6.07, 6.45) is 0. The molecule has 7 heteroatoms. The average molecular weight is 285 g/mol. The third-order valence-corrected chi connectivity index (χ3v) is 3.17. The van der Waals surface area contributed by atoms with Crippen molar-refractivity contribution in [3.05, 3.63) is 29.3 Å². The number of rotatable bonds is 1. The van der Waals surface area contributed by atoms with Gasteiger partial charge in [-0.2, -0.15) is 0 Å². The van der Waals surface area contributed by atoms with Gasteiger partial charge in [0.25, 0.3) is 5.91 Å². The van der Waals surface area contributed by atoms with E-state index in [4.69, 9.17) is 5.73 Å². The largest absolute Gasteiger partial charge is 0.504 e. The first-order valence-corrected chi connectivity index (χ1v) is 6.04. The maximum absolute atomic E-state index is 11.5. The number of hydrogen-bond acceptors (Lipinski definition) is 6. The molecule has 1 heterocycles. The van der Waals surface area contributed by atoms with Crippen molar-refractivity contribution in [3.63, 3.8) is 0 Å². The molecule has 0 saturated carbocycles. The summed E-state index contributed by atoms with van der Waals surface area (Å²) in [7, 11) is 0. The Kier molecular flexibility index (Phi) is 2.59. The third-order valence-electron chi connectivity index (χ3n) is 3.17. The maximum Gasteiger partial charge on any atom is 0.250 e. The van der Waals surface area contributed by atoms with Crippen molar-refractivity contribution in [1.29, 1.82) is 0 Å². The van der Waals surface area contributed by atoms with Crippen LogP contribution < -0.4 is 5.73 Å². The summed E-state index contributed by atoms with van der Waals surface area (Å²) < 4.78 is 0. The molecule has 21 heavy (non-hydrogen) atoms. The van der Waals surface area contributed by atoms with Crippen molar-refractivity contribution in [1.82, 2.24) is 9.97 Å². The van der Waals surface area contributed by atoms with E-state index in [1.807, 2.05) is 0 Å². The summed E-state index contributed by atoms with van der Waals surface area (Å²) in [5.74, 6) is -2.46. The molecule has 0 spiro atoms. The number of aromatic hydroxyl groups is 3. The van der Waals surface area contributed by atoms with Crippen molar-refractivity contribution in [2.24, 2.45) is 5.73 Å². The van der Waals surface area contributed by atoms with E-state index in [-0.39, 0.29) is 22.1 Å². The summed E-state index contributed by atoms with van der Waals surface area (Å²) >= 11 is 0. The molecule has 2 aromatic carbocycles. The first-order valence-electron chi connectivity index (χ1n) is 6.04. The zero-order valence-corrected chi connectivity index (χ0v) is 11.0. The standard InChI is InChI=1S/C14H11N3O4/c1-5-2-6(14(15)21)10-7(3-5)16-8-4-9(18)12(19)13(20)11(8)17-10/h2-4,18-20H,1H3,(H2,15,21). The second kappa shape index (κ2) is 4.20. The molecule has 5 N–H and O–H groups in total. The van der Waals surface area contributed by atoms with Crippen molar-refractivity contribution in [2.75, 3.05) is 0 Å². The Labute approximate surface area is 118 Å². The van der Waals surface area contributed by atoms with E-state index in [9.17, 15) is 20.1 Å². The lowest BCUT2D eigenvalue weighted by Crippen LogP contribution is -2.12. The molecule has 0 saturated heterocycles. The average Bonchev–Trinajstić information content (AvgIpc) is 2.42. The van der Waals surface area contributed by atoms with Gasteiger partial charge in [-0.25, -0.2) is 9.97 Å². The predicted octanol–water partition coefficient (Wildman–Crippen LogP) is 1.31. The Balaban J connectivity index is 2.52. The Morgan fingerprint density at radius 3 is 2.33 bits per heavy atom. The normalized spacial score (nSPS) is 11.1. The number of hydrogen-bond donors (Lipinski definition) is 4. The predicted molar refractivity (Wildman–Crippen MR) is 75.3 cm³/mol. The fourth-order valence-corrected chi connectivity index (χ4v) is 2.21. The SMILES string of the molecule is Cc1cc(C(N)=O)c2nc3c(O)c(O)c(O)cc3nc2c1. The first-order chi connectivity index (χ1) is 9.88. The second-order valence-electron chi connectivity index (χ2n) is 4.73. The van der Waals surface area contributed by atoms with Crippen LogP contribution in [0.15, 0.2) is 18.2 Å². The highest BCUT2D eigenvalue weighted by Gasteiger charge is 2.17. The smallest absolute Gasteiger partial charge is 0.250 e. The fraction of sp³-hybridized carbons (Fsp3) is 0.0714. The minimum atomic E-state index is -0.691. The molecule has 3 rings (SSSR count). The topological polar surface area (TPSA) is 130 Å². The Bertz CT molecular complexity index is 921. The van der Waals surface area contributed by atoms with Crippen molar-refractivity contribution in [3.8, 4) is 17.2 Å². The number of amides is 1. The molecule has 0 fully saturated rings. The molecule has 3 aromatic rings. The summed E-state index contributed by atoms with van der Waals surface area (Å²) in [5.41, 5.74) is 7.07. The van der Waals surface area contributed by atoms with Crippen LogP contribution in [0, 0.1) is 6.92 Å². The molecule has 0 aliphatic carbocycles. The number of fused-ring (bicyclic) bond motifs is 2. The molecule has 0 bridgehead atoms. The van der Waals surface area contributed by atoms with Crippen molar-refractivity contribution < 1.29 is 20.1 Å². The van der Waals surface area contributed by atoms with Gasteiger partial charge in [-0.3, -0.25) is 4.79 Å².